The fourth-order valence-electron chi connectivity index (χ4n) is 3.81. The molecule has 190 valence electrons. The van der Waals surface area contributed by atoms with Gasteiger partial charge in [0.2, 0.25) is 11.8 Å². The summed E-state index contributed by atoms with van der Waals surface area (Å²) in [6, 6.07) is 23.3. The monoisotopic (exact) mass is 570 g/mol. The van der Waals surface area contributed by atoms with Gasteiger partial charge in [-0.1, -0.05) is 83.9 Å². The van der Waals surface area contributed by atoms with Crippen molar-refractivity contribution in [2.24, 2.45) is 0 Å². The highest BCUT2D eigenvalue weighted by Gasteiger charge is 2.30. The Bertz CT molecular complexity index is 1110. The van der Waals surface area contributed by atoms with Crippen LogP contribution in [0.2, 0.25) is 0 Å². The Hall–Kier alpha value is -2.64. The van der Waals surface area contributed by atoms with E-state index in [-0.39, 0.29) is 23.4 Å². The zero-order chi connectivity index (χ0) is 25.8. The Morgan fingerprint density at radius 1 is 0.972 bits per heavy atom. The minimum absolute atomic E-state index is 0.103. The van der Waals surface area contributed by atoms with Gasteiger partial charge in [0.25, 0.3) is 0 Å². The Labute approximate surface area is 225 Å². The first-order chi connectivity index (χ1) is 17.5. The van der Waals surface area contributed by atoms with Crippen molar-refractivity contribution in [3.63, 3.8) is 0 Å². The molecule has 0 aliphatic rings. The molecule has 4 nitrogen and oxygen atoms in total. The van der Waals surface area contributed by atoms with Gasteiger partial charge in [0.15, 0.2) is 0 Å². The predicted molar refractivity (Wildman–Crippen MR) is 149 cm³/mol. The molecule has 7 heteroatoms. The second-order valence-electron chi connectivity index (χ2n) is 8.62. The lowest BCUT2D eigenvalue weighted by molar-refractivity contribution is -0.139. The van der Waals surface area contributed by atoms with E-state index in [9.17, 15) is 14.0 Å². The second-order valence-corrected chi connectivity index (χ2v) is 10.5. The molecule has 0 spiro atoms. The van der Waals surface area contributed by atoms with E-state index in [0.717, 1.165) is 34.0 Å². The first kappa shape index (κ1) is 27.9. The number of nitrogens with zero attached hydrogens (tertiary/aromatic N) is 1. The highest BCUT2D eigenvalue weighted by Crippen LogP contribution is 2.20. The average Bonchev–Trinajstić information content (AvgIpc) is 2.88. The number of nitrogens with one attached hydrogen (secondary N) is 1. The number of rotatable bonds is 13. The predicted octanol–water partition coefficient (Wildman–Crippen LogP) is 6.38. The molecule has 3 aromatic carbocycles. The summed E-state index contributed by atoms with van der Waals surface area (Å²) in [5, 5.41) is 3.04. The Morgan fingerprint density at radius 3 is 2.39 bits per heavy atom. The molecule has 1 atom stereocenters. The van der Waals surface area contributed by atoms with Crippen molar-refractivity contribution in [1.82, 2.24) is 10.2 Å². The van der Waals surface area contributed by atoms with Crippen molar-refractivity contribution in [2.75, 3.05) is 12.3 Å². The zero-order valence-corrected chi connectivity index (χ0v) is 22.9. The number of halogens is 2. The topological polar surface area (TPSA) is 49.4 Å². The summed E-state index contributed by atoms with van der Waals surface area (Å²) in [6.07, 6.45) is 2.29. The van der Waals surface area contributed by atoms with Crippen LogP contribution in [0.15, 0.2) is 83.3 Å². The smallest absolute Gasteiger partial charge is 0.243 e. The van der Waals surface area contributed by atoms with Crippen molar-refractivity contribution in [3.05, 3.63) is 106 Å². The summed E-state index contributed by atoms with van der Waals surface area (Å²) in [4.78, 5) is 28.7. The molecule has 0 saturated heterocycles. The number of thioether (sulfide) groups is 1. The van der Waals surface area contributed by atoms with Crippen molar-refractivity contribution in [1.29, 1.82) is 0 Å². The van der Waals surface area contributed by atoms with E-state index in [4.69, 9.17) is 0 Å². The number of hydrogen-bond donors (Lipinski definition) is 1. The summed E-state index contributed by atoms with van der Waals surface area (Å²) in [5.41, 5.74) is 2.89. The number of amides is 2. The van der Waals surface area contributed by atoms with Crippen LogP contribution in [-0.2, 0) is 28.3 Å². The Morgan fingerprint density at radius 2 is 1.69 bits per heavy atom. The molecule has 1 N–H and O–H groups in total. The van der Waals surface area contributed by atoms with Crippen LogP contribution in [0.4, 0.5) is 4.39 Å². The zero-order valence-electron chi connectivity index (χ0n) is 20.5. The number of benzene rings is 3. The standard InChI is InChI=1S/C29H32BrFN2O2S/c1-2-3-16-32-29(35)27(18-22-8-5-4-6-9-22)33(19-24-10-7-11-25(30)17-24)28(34)21-36-20-23-12-14-26(31)15-13-23/h4-15,17,27H,2-3,16,18-21H2,1H3,(H,32,35)/t27-/m0/s1. The molecule has 2 amide bonds. The van der Waals surface area contributed by atoms with Crippen molar-refractivity contribution in [2.45, 2.75) is 44.5 Å². The van der Waals surface area contributed by atoms with Gasteiger partial charge in [0.05, 0.1) is 5.75 Å². The maximum absolute atomic E-state index is 13.6. The van der Waals surface area contributed by atoms with Gasteiger partial charge in [-0.15, -0.1) is 11.8 Å². The summed E-state index contributed by atoms with van der Waals surface area (Å²) < 4.78 is 14.1. The molecular weight excluding hydrogens is 539 g/mol. The van der Waals surface area contributed by atoms with Crippen LogP contribution in [0.3, 0.4) is 0 Å². The number of unbranched alkanes of at least 4 members (excludes halogenated alkanes) is 1. The van der Waals surface area contributed by atoms with Crippen LogP contribution in [0.5, 0.6) is 0 Å². The molecule has 0 heterocycles. The third-order valence-electron chi connectivity index (χ3n) is 5.75. The molecule has 3 aromatic rings. The van der Waals surface area contributed by atoms with Crippen molar-refractivity contribution < 1.29 is 14.0 Å². The molecule has 0 aliphatic carbocycles. The fraction of sp³-hybridized carbons (Fsp3) is 0.310. The average molecular weight is 572 g/mol. The van der Waals surface area contributed by atoms with E-state index in [2.05, 4.69) is 28.2 Å². The SMILES string of the molecule is CCCCNC(=O)[C@H](Cc1ccccc1)N(Cc1cccc(Br)c1)C(=O)CSCc1ccc(F)cc1. The number of hydrogen-bond acceptors (Lipinski definition) is 3. The van der Waals surface area contributed by atoms with Crippen LogP contribution < -0.4 is 5.32 Å². The lowest BCUT2D eigenvalue weighted by Crippen LogP contribution is -2.51. The highest BCUT2D eigenvalue weighted by molar-refractivity contribution is 9.10. The third kappa shape index (κ3) is 9.10. The maximum atomic E-state index is 13.6. The van der Waals surface area contributed by atoms with Crippen LogP contribution in [0.1, 0.15) is 36.5 Å². The minimum atomic E-state index is -0.637. The molecule has 0 bridgehead atoms. The van der Waals surface area contributed by atoms with Gasteiger partial charge < -0.3 is 10.2 Å². The maximum Gasteiger partial charge on any atom is 0.243 e. The molecule has 0 saturated carbocycles. The lowest BCUT2D eigenvalue weighted by atomic mass is 10.0. The van der Waals surface area contributed by atoms with Gasteiger partial charge in [0, 0.05) is 29.7 Å². The second kappa shape index (κ2) is 14.8. The Balaban J connectivity index is 1.82. The lowest BCUT2D eigenvalue weighted by Gasteiger charge is -2.31. The van der Waals surface area contributed by atoms with E-state index in [1.165, 1.54) is 23.9 Å². The van der Waals surface area contributed by atoms with Gasteiger partial charge in [-0.2, -0.15) is 0 Å². The van der Waals surface area contributed by atoms with E-state index < -0.39 is 6.04 Å². The van der Waals surface area contributed by atoms with Crippen LogP contribution in [0, 0.1) is 5.82 Å². The summed E-state index contributed by atoms with van der Waals surface area (Å²) in [7, 11) is 0. The van der Waals surface area contributed by atoms with Gasteiger partial charge in [0.1, 0.15) is 11.9 Å². The number of carbonyl (C=O) groups is 2. The molecule has 0 aromatic heterocycles. The molecule has 0 radical (unpaired) electrons. The molecule has 0 aliphatic heterocycles. The van der Waals surface area contributed by atoms with Crippen molar-refractivity contribution >= 4 is 39.5 Å². The highest BCUT2D eigenvalue weighted by atomic mass is 79.9. The first-order valence-electron chi connectivity index (χ1n) is 12.1. The van der Waals surface area contributed by atoms with E-state index in [1.54, 1.807) is 17.0 Å². The largest absolute Gasteiger partial charge is 0.354 e. The summed E-state index contributed by atoms with van der Waals surface area (Å²) in [6.45, 7) is 2.99. The molecule has 0 fully saturated rings. The molecular formula is C29H32BrFN2O2S. The molecule has 3 rings (SSSR count). The van der Waals surface area contributed by atoms with E-state index in [1.807, 2.05) is 54.6 Å². The summed E-state index contributed by atoms with van der Waals surface area (Å²) in [5.74, 6) is 0.285. The van der Waals surface area contributed by atoms with Crippen LogP contribution in [0.25, 0.3) is 0 Å². The molecule has 0 unspecified atom stereocenters. The molecule has 36 heavy (non-hydrogen) atoms. The van der Waals surface area contributed by atoms with E-state index in [0.29, 0.717) is 25.3 Å². The number of carbonyl (C=O) groups excluding carboxylic acids is 2. The first-order valence-corrected chi connectivity index (χ1v) is 14.1. The van der Waals surface area contributed by atoms with E-state index >= 15 is 0 Å². The summed E-state index contributed by atoms with van der Waals surface area (Å²) >= 11 is 4.97. The van der Waals surface area contributed by atoms with Gasteiger partial charge in [-0.05, 0) is 47.4 Å². The minimum Gasteiger partial charge on any atom is -0.354 e. The fourth-order valence-corrected chi connectivity index (χ4v) is 5.13. The Kier molecular flexibility index (Phi) is 11.5. The van der Waals surface area contributed by atoms with Crippen LogP contribution >= 0.6 is 27.7 Å². The third-order valence-corrected chi connectivity index (χ3v) is 7.23. The quantitative estimate of drug-likeness (QED) is 0.243. The van der Waals surface area contributed by atoms with Crippen LogP contribution in [-0.4, -0.2) is 35.1 Å². The van der Waals surface area contributed by atoms with Crippen molar-refractivity contribution in [3.8, 4) is 0 Å². The van der Waals surface area contributed by atoms with Gasteiger partial charge >= 0.3 is 0 Å². The normalized spacial score (nSPS) is 11.6. The van der Waals surface area contributed by atoms with Gasteiger partial charge in [-0.25, -0.2) is 4.39 Å². The van der Waals surface area contributed by atoms with Gasteiger partial charge in [-0.3, -0.25) is 9.59 Å².